The van der Waals surface area contributed by atoms with Crippen molar-refractivity contribution in [3.05, 3.63) is 90.3 Å². The molecule has 11 heteroatoms. The number of nitrogens with zero attached hydrogens (tertiary/aromatic N) is 4. The standard InChI is InChI=1S/C27H24N6O3S2/c1-18-8-7-9-19(14-18)33-23(15-28-24(34)16-36-20-10-3-2-4-11-20)31-32-27(33)37-17-25(35)30-26-29-21-12-5-6-13-22(21)38-26/h2-14H,15-17H2,1H3,(H,28,34)(H,29,30,35). The Bertz CT molecular complexity index is 1530. The average molecular weight is 545 g/mol. The van der Waals surface area contributed by atoms with Gasteiger partial charge < -0.3 is 15.4 Å². The highest BCUT2D eigenvalue weighted by Crippen LogP contribution is 2.27. The number of benzene rings is 3. The number of hydrogen-bond donors (Lipinski definition) is 2. The van der Waals surface area contributed by atoms with Crippen LogP contribution in [0.4, 0.5) is 5.13 Å². The number of hydrogen-bond acceptors (Lipinski definition) is 8. The quantitative estimate of drug-likeness (QED) is 0.247. The van der Waals surface area contributed by atoms with Crippen molar-refractivity contribution < 1.29 is 14.3 Å². The molecule has 0 aliphatic rings. The third-order valence-electron chi connectivity index (χ3n) is 5.39. The summed E-state index contributed by atoms with van der Waals surface area (Å²) in [6.07, 6.45) is 0. The summed E-state index contributed by atoms with van der Waals surface area (Å²) in [4.78, 5) is 29.5. The maximum atomic E-state index is 12.7. The van der Waals surface area contributed by atoms with Gasteiger partial charge in [0, 0.05) is 5.69 Å². The van der Waals surface area contributed by atoms with E-state index in [-0.39, 0.29) is 30.7 Å². The van der Waals surface area contributed by atoms with Crippen molar-refractivity contribution in [2.24, 2.45) is 0 Å². The molecule has 9 nitrogen and oxygen atoms in total. The van der Waals surface area contributed by atoms with Crippen molar-refractivity contribution in [1.82, 2.24) is 25.1 Å². The molecule has 5 rings (SSSR count). The van der Waals surface area contributed by atoms with Crippen LogP contribution < -0.4 is 15.4 Å². The molecule has 192 valence electrons. The van der Waals surface area contributed by atoms with E-state index in [1.165, 1.54) is 23.1 Å². The monoisotopic (exact) mass is 544 g/mol. The van der Waals surface area contributed by atoms with Gasteiger partial charge in [-0.05, 0) is 48.9 Å². The van der Waals surface area contributed by atoms with Crippen LogP contribution in [0, 0.1) is 6.92 Å². The second-order valence-corrected chi connectivity index (χ2v) is 10.2. The van der Waals surface area contributed by atoms with Gasteiger partial charge in [0.1, 0.15) is 5.75 Å². The van der Waals surface area contributed by atoms with Crippen molar-refractivity contribution >= 4 is 50.3 Å². The number of para-hydroxylation sites is 2. The van der Waals surface area contributed by atoms with E-state index in [1.807, 2.05) is 78.2 Å². The van der Waals surface area contributed by atoms with Crippen LogP contribution in [-0.4, -0.2) is 43.9 Å². The molecule has 2 aromatic heterocycles. The first-order valence-corrected chi connectivity index (χ1v) is 13.6. The predicted molar refractivity (Wildman–Crippen MR) is 149 cm³/mol. The van der Waals surface area contributed by atoms with Crippen LogP contribution in [0.25, 0.3) is 15.9 Å². The molecule has 3 aromatic carbocycles. The number of ether oxygens (including phenoxy) is 1. The fraction of sp³-hybridized carbons (Fsp3) is 0.148. The molecule has 2 amide bonds. The van der Waals surface area contributed by atoms with Crippen molar-refractivity contribution in [2.75, 3.05) is 17.7 Å². The SMILES string of the molecule is Cc1cccc(-n2c(CNC(=O)COc3ccccc3)nnc2SCC(=O)Nc2nc3ccccc3s2)c1. The first kappa shape index (κ1) is 25.4. The Morgan fingerprint density at radius 3 is 2.61 bits per heavy atom. The third-order valence-corrected chi connectivity index (χ3v) is 7.27. The largest absolute Gasteiger partial charge is 0.484 e. The lowest BCUT2D eigenvalue weighted by molar-refractivity contribution is -0.123. The summed E-state index contributed by atoms with van der Waals surface area (Å²) in [7, 11) is 0. The van der Waals surface area contributed by atoms with E-state index < -0.39 is 0 Å². The number of thiazole rings is 1. The molecule has 0 fully saturated rings. The molecule has 0 spiro atoms. The zero-order chi connectivity index (χ0) is 26.3. The first-order chi connectivity index (χ1) is 18.5. The van der Waals surface area contributed by atoms with Gasteiger partial charge in [-0.15, -0.1) is 10.2 Å². The molecule has 0 radical (unpaired) electrons. The summed E-state index contributed by atoms with van der Waals surface area (Å²) in [6.45, 7) is 2.03. The van der Waals surface area contributed by atoms with Gasteiger partial charge in [0.2, 0.25) is 5.91 Å². The van der Waals surface area contributed by atoms with E-state index >= 15 is 0 Å². The number of carbonyl (C=O) groups is 2. The minimum atomic E-state index is -0.280. The van der Waals surface area contributed by atoms with E-state index in [4.69, 9.17) is 4.74 Å². The zero-order valence-corrected chi connectivity index (χ0v) is 22.1. The summed E-state index contributed by atoms with van der Waals surface area (Å²) in [6, 6.07) is 24.7. The lowest BCUT2D eigenvalue weighted by atomic mass is 10.2. The molecule has 5 aromatic rings. The molecular formula is C27H24N6O3S2. The molecule has 0 aliphatic heterocycles. The Labute approximate surface area is 227 Å². The smallest absolute Gasteiger partial charge is 0.258 e. The van der Waals surface area contributed by atoms with Gasteiger partial charge in [0.15, 0.2) is 22.7 Å². The molecular weight excluding hydrogens is 520 g/mol. The van der Waals surface area contributed by atoms with Gasteiger partial charge in [-0.3, -0.25) is 14.2 Å². The highest BCUT2D eigenvalue weighted by Gasteiger charge is 2.17. The van der Waals surface area contributed by atoms with Gasteiger partial charge in [-0.2, -0.15) is 0 Å². The molecule has 0 saturated carbocycles. The minimum absolute atomic E-state index is 0.115. The number of carbonyl (C=O) groups excluding carboxylic acids is 2. The van der Waals surface area contributed by atoms with Gasteiger partial charge >= 0.3 is 0 Å². The van der Waals surface area contributed by atoms with Crippen LogP contribution in [0.15, 0.2) is 84.0 Å². The number of aryl methyl sites for hydroxylation is 1. The first-order valence-electron chi connectivity index (χ1n) is 11.8. The number of rotatable bonds is 10. The van der Waals surface area contributed by atoms with Crippen molar-refractivity contribution in [1.29, 1.82) is 0 Å². The molecule has 2 N–H and O–H groups in total. The fourth-order valence-electron chi connectivity index (χ4n) is 3.64. The van der Waals surface area contributed by atoms with E-state index in [9.17, 15) is 9.59 Å². The van der Waals surface area contributed by atoms with E-state index in [0.717, 1.165) is 21.5 Å². The normalized spacial score (nSPS) is 10.9. The second kappa shape index (κ2) is 11.9. The molecule has 0 unspecified atom stereocenters. The van der Waals surface area contributed by atoms with Gasteiger partial charge in [-0.25, -0.2) is 4.98 Å². The number of aromatic nitrogens is 4. The summed E-state index contributed by atoms with van der Waals surface area (Å²) < 4.78 is 8.38. The van der Waals surface area contributed by atoms with E-state index in [2.05, 4.69) is 25.8 Å². The maximum Gasteiger partial charge on any atom is 0.258 e. The number of fused-ring (bicyclic) bond motifs is 1. The maximum absolute atomic E-state index is 12.7. The molecule has 2 heterocycles. The Morgan fingerprint density at radius 1 is 0.974 bits per heavy atom. The Kier molecular flexibility index (Phi) is 7.95. The number of amides is 2. The molecule has 0 atom stereocenters. The van der Waals surface area contributed by atoms with Crippen LogP contribution in [0.2, 0.25) is 0 Å². The van der Waals surface area contributed by atoms with E-state index in [1.54, 1.807) is 12.1 Å². The third kappa shape index (κ3) is 6.36. The van der Waals surface area contributed by atoms with Crippen LogP contribution in [0.1, 0.15) is 11.4 Å². The molecule has 38 heavy (non-hydrogen) atoms. The fourth-order valence-corrected chi connectivity index (χ4v) is 5.29. The highest BCUT2D eigenvalue weighted by atomic mass is 32.2. The minimum Gasteiger partial charge on any atom is -0.484 e. The lowest BCUT2D eigenvalue weighted by Crippen LogP contribution is -2.29. The summed E-state index contributed by atoms with van der Waals surface area (Å²) in [5, 5.41) is 15.4. The van der Waals surface area contributed by atoms with Crippen LogP contribution in [0.3, 0.4) is 0 Å². The zero-order valence-electron chi connectivity index (χ0n) is 20.5. The predicted octanol–water partition coefficient (Wildman–Crippen LogP) is 4.61. The Hall–Kier alpha value is -4.22. The topological polar surface area (TPSA) is 111 Å². The summed E-state index contributed by atoms with van der Waals surface area (Å²) in [5.74, 6) is 0.806. The van der Waals surface area contributed by atoms with Crippen molar-refractivity contribution in [3.8, 4) is 11.4 Å². The van der Waals surface area contributed by atoms with Gasteiger partial charge in [-0.1, -0.05) is 65.6 Å². The van der Waals surface area contributed by atoms with Crippen molar-refractivity contribution in [3.63, 3.8) is 0 Å². The van der Waals surface area contributed by atoms with Gasteiger partial charge in [0.05, 0.1) is 22.5 Å². The summed E-state index contributed by atoms with van der Waals surface area (Å²) in [5.41, 5.74) is 2.75. The summed E-state index contributed by atoms with van der Waals surface area (Å²) >= 11 is 2.69. The average Bonchev–Trinajstić information content (AvgIpc) is 3.53. The second-order valence-electron chi connectivity index (χ2n) is 8.28. The molecule has 0 aliphatic carbocycles. The van der Waals surface area contributed by atoms with Crippen molar-refractivity contribution in [2.45, 2.75) is 18.6 Å². The number of anilines is 1. The Morgan fingerprint density at radius 2 is 1.79 bits per heavy atom. The molecule has 0 saturated heterocycles. The molecule has 0 bridgehead atoms. The van der Waals surface area contributed by atoms with Crippen LogP contribution in [-0.2, 0) is 16.1 Å². The highest BCUT2D eigenvalue weighted by molar-refractivity contribution is 7.99. The Balaban J connectivity index is 1.25. The number of nitrogens with one attached hydrogen (secondary N) is 2. The van der Waals surface area contributed by atoms with E-state index in [0.29, 0.717) is 21.9 Å². The number of thioether (sulfide) groups is 1. The lowest BCUT2D eigenvalue weighted by Gasteiger charge is -2.12. The van der Waals surface area contributed by atoms with Crippen LogP contribution >= 0.6 is 23.1 Å². The van der Waals surface area contributed by atoms with Crippen LogP contribution in [0.5, 0.6) is 5.75 Å². The van der Waals surface area contributed by atoms with Gasteiger partial charge in [0.25, 0.3) is 5.91 Å².